The first-order valence-electron chi connectivity index (χ1n) is 13.6. The Balaban J connectivity index is 1.99. The van der Waals surface area contributed by atoms with Crippen molar-refractivity contribution in [2.24, 2.45) is 17.8 Å². The van der Waals surface area contributed by atoms with Crippen LogP contribution in [0.3, 0.4) is 0 Å². The molecular weight excluding hydrogens is 400 g/mol. The van der Waals surface area contributed by atoms with E-state index in [2.05, 4.69) is 0 Å². The lowest BCUT2D eigenvalue weighted by Gasteiger charge is -2.35. The Bertz CT molecular complexity index is 873. The van der Waals surface area contributed by atoms with Gasteiger partial charge in [0.25, 0.3) is 5.91 Å². The molecule has 5 amide bonds. The van der Waals surface area contributed by atoms with E-state index in [1.165, 1.54) is 11.9 Å². The molecular formula is C22H36N4O5. The van der Waals surface area contributed by atoms with Gasteiger partial charge in [-0.3, -0.25) is 24.5 Å². The Kier molecular flexibility index (Phi) is 5.36. The number of nitrogens with one attached hydrogen (secondary N) is 1. The van der Waals surface area contributed by atoms with Crippen molar-refractivity contribution in [2.75, 3.05) is 26.6 Å². The number of hydrogen-bond acceptors (Lipinski definition) is 5. The number of carbonyl (C=O) groups is 4. The summed E-state index contributed by atoms with van der Waals surface area (Å²) in [6.45, 7) is -0.561. The van der Waals surface area contributed by atoms with Crippen molar-refractivity contribution < 1.29 is 31.2 Å². The second kappa shape index (κ2) is 9.54. The largest absolute Gasteiger partial charge is 0.342 e. The molecule has 6 atom stereocenters. The zero-order chi connectivity index (χ0) is 27.1. The second-order valence-electron chi connectivity index (χ2n) is 9.01. The highest BCUT2D eigenvalue weighted by atomic mass is 16.5. The minimum Gasteiger partial charge on any atom is -0.342 e. The van der Waals surface area contributed by atoms with Crippen molar-refractivity contribution in [3.63, 3.8) is 0 Å². The zero-order valence-electron chi connectivity index (χ0n) is 23.3. The van der Waals surface area contributed by atoms with Gasteiger partial charge in [-0.25, -0.2) is 10.3 Å². The van der Waals surface area contributed by atoms with Gasteiger partial charge >= 0.3 is 6.03 Å². The van der Waals surface area contributed by atoms with Gasteiger partial charge in [-0.2, -0.15) is 0 Å². The molecule has 0 aromatic heterocycles. The smallest absolute Gasteiger partial charge is 0.327 e. The summed E-state index contributed by atoms with van der Waals surface area (Å²) in [6, 6.07) is -0.656. The summed E-state index contributed by atoms with van der Waals surface area (Å²) < 4.78 is 41.0. The maximum atomic E-state index is 13.9. The summed E-state index contributed by atoms with van der Waals surface area (Å²) in [6.07, 6.45) is -0.612. The third kappa shape index (κ3) is 4.71. The first kappa shape index (κ1) is 17.4. The highest BCUT2D eigenvalue weighted by Crippen LogP contribution is 2.36. The molecule has 174 valence electrons. The van der Waals surface area contributed by atoms with E-state index in [1.807, 2.05) is 0 Å². The Hall–Kier alpha value is -2.16. The van der Waals surface area contributed by atoms with Crippen LogP contribution in [0.15, 0.2) is 0 Å². The third-order valence-corrected chi connectivity index (χ3v) is 6.79. The molecule has 3 rings (SSSR count). The molecule has 1 saturated carbocycles. The van der Waals surface area contributed by atoms with E-state index in [0.717, 1.165) is 35.5 Å². The SMILES string of the molecule is [2H]C1C([2H])C([2H])N(C(=O)[C@H](CC2CCCC2)[C@H](CN2C(=O)N(C)C(C)(C)C2=O)C(=O)NO)C([2H])C1[2H]. The van der Waals surface area contributed by atoms with E-state index < -0.39 is 79.9 Å². The van der Waals surface area contributed by atoms with Gasteiger partial charge < -0.3 is 9.80 Å². The number of nitrogens with zero attached hydrogens (tertiary/aromatic N) is 3. The lowest BCUT2D eigenvalue weighted by molar-refractivity contribution is -0.148. The summed E-state index contributed by atoms with van der Waals surface area (Å²) in [5.41, 5.74) is 0.368. The number of imide groups is 1. The van der Waals surface area contributed by atoms with E-state index in [1.54, 1.807) is 19.3 Å². The summed E-state index contributed by atoms with van der Waals surface area (Å²) >= 11 is 0. The first-order valence-corrected chi connectivity index (χ1v) is 10.7. The molecule has 9 nitrogen and oxygen atoms in total. The number of likely N-dealkylation sites (tertiary alicyclic amines) is 1. The topological polar surface area (TPSA) is 110 Å². The van der Waals surface area contributed by atoms with Gasteiger partial charge in [-0.05, 0) is 45.4 Å². The minimum atomic E-state index is -1.59. The quantitative estimate of drug-likeness (QED) is 0.357. The first-order chi connectivity index (χ1) is 16.7. The van der Waals surface area contributed by atoms with Gasteiger partial charge in [0, 0.05) is 33.5 Å². The fraction of sp³-hybridized carbons (Fsp3) is 0.818. The normalized spacial score (nSPS) is 38.1. The molecule has 0 spiro atoms. The van der Waals surface area contributed by atoms with E-state index in [0.29, 0.717) is 0 Å². The Labute approximate surface area is 191 Å². The maximum absolute atomic E-state index is 13.9. The second-order valence-corrected chi connectivity index (χ2v) is 9.01. The molecule has 0 aromatic rings. The molecule has 0 radical (unpaired) electrons. The summed E-state index contributed by atoms with van der Waals surface area (Å²) in [4.78, 5) is 55.5. The molecule has 2 heterocycles. The minimum absolute atomic E-state index is 0.0396. The molecule has 4 unspecified atom stereocenters. The average Bonchev–Trinajstić information content (AvgIpc) is 3.41. The highest BCUT2D eigenvalue weighted by Gasteiger charge is 2.51. The fourth-order valence-corrected chi connectivity index (χ4v) is 4.59. The average molecular weight is 442 g/mol. The Morgan fingerprint density at radius 2 is 1.77 bits per heavy atom. The van der Waals surface area contributed by atoms with E-state index in [4.69, 9.17) is 6.85 Å². The molecule has 2 saturated heterocycles. The monoisotopic (exact) mass is 441 g/mol. The van der Waals surface area contributed by atoms with Gasteiger partial charge in [0.1, 0.15) is 5.54 Å². The number of hydrogen-bond donors (Lipinski definition) is 2. The van der Waals surface area contributed by atoms with E-state index in [9.17, 15) is 24.4 Å². The zero-order valence-corrected chi connectivity index (χ0v) is 18.3. The lowest BCUT2D eigenvalue weighted by Crippen LogP contribution is -2.50. The molecule has 1 aliphatic carbocycles. The van der Waals surface area contributed by atoms with Crippen molar-refractivity contribution >= 4 is 23.8 Å². The van der Waals surface area contributed by atoms with Crippen molar-refractivity contribution in [3.05, 3.63) is 0 Å². The van der Waals surface area contributed by atoms with Crippen LogP contribution in [0.5, 0.6) is 0 Å². The number of rotatable bonds is 7. The van der Waals surface area contributed by atoms with Crippen LogP contribution in [-0.4, -0.2) is 75.8 Å². The van der Waals surface area contributed by atoms with Gasteiger partial charge in [0.15, 0.2) is 0 Å². The van der Waals surface area contributed by atoms with Crippen LogP contribution in [0.4, 0.5) is 4.79 Å². The Morgan fingerprint density at radius 3 is 2.29 bits per heavy atom. The van der Waals surface area contributed by atoms with Crippen LogP contribution in [0, 0.1) is 17.8 Å². The van der Waals surface area contributed by atoms with E-state index >= 15 is 0 Å². The van der Waals surface area contributed by atoms with Crippen molar-refractivity contribution in [2.45, 2.75) is 70.7 Å². The predicted molar refractivity (Wildman–Crippen MR) is 113 cm³/mol. The number of amides is 5. The van der Waals surface area contributed by atoms with Crippen LogP contribution in [0.25, 0.3) is 0 Å². The third-order valence-electron chi connectivity index (χ3n) is 6.79. The summed E-state index contributed by atoms with van der Waals surface area (Å²) in [7, 11) is 1.45. The summed E-state index contributed by atoms with van der Waals surface area (Å²) in [5, 5.41) is 9.51. The van der Waals surface area contributed by atoms with Crippen LogP contribution >= 0.6 is 0 Å². The number of carbonyl (C=O) groups excluding carboxylic acids is 4. The molecule has 3 aliphatic rings. The number of likely N-dealkylation sites (N-methyl/N-ethyl adjacent to an activating group) is 1. The van der Waals surface area contributed by atoms with Crippen molar-refractivity contribution in [3.8, 4) is 0 Å². The number of urea groups is 1. The Morgan fingerprint density at radius 1 is 1.16 bits per heavy atom. The fourth-order valence-electron chi connectivity index (χ4n) is 4.59. The van der Waals surface area contributed by atoms with E-state index in [-0.39, 0.29) is 12.3 Å². The highest BCUT2D eigenvalue weighted by molar-refractivity contribution is 6.06. The van der Waals surface area contributed by atoms with Crippen LogP contribution in [0.1, 0.15) is 72.0 Å². The van der Waals surface area contributed by atoms with Gasteiger partial charge in [0.2, 0.25) is 11.8 Å². The predicted octanol–water partition coefficient (Wildman–Crippen LogP) is 1.99. The maximum Gasteiger partial charge on any atom is 0.327 e. The van der Waals surface area contributed by atoms with Crippen molar-refractivity contribution in [1.82, 2.24) is 20.2 Å². The summed E-state index contributed by atoms with van der Waals surface area (Å²) in [5.74, 6) is -4.91. The van der Waals surface area contributed by atoms with Crippen molar-refractivity contribution in [1.29, 1.82) is 0 Å². The molecule has 2 aliphatic heterocycles. The molecule has 31 heavy (non-hydrogen) atoms. The van der Waals surface area contributed by atoms with Gasteiger partial charge in [0.05, 0.1) is 11.8 Å². The van der Waals surface area contributed by atoms with Crippen LogP contribution in [-0.2, 0) is 14.4 Å². The number of hydroxylamine groups is 1. The molecule has 9 heteroatoms. The van der Waals surface area contributed by atoms with Gasteiger partial charge in [-0.1, -0.05) is 25.7 Å². The lowest BCUT2D eigenvalue weighted by atomic mass is 9.81. The number of piperidine rings is 1. The molecule has 2 N–H and O–H groups in total. The standard InChI is InChI=1S/C22H36N4O5/c1-22(2)20(29)26(21(30)24(22)3)14-17(18(27)23-31)16(13-15-9-5-6-10-15)19(28)25-11-7-4-8-12-25/h15-17,31H,4-14H2,1-3H3,(H,23,27)/t16-,17+/m1/s1/i4D,7D,8D,11D,12D/t4?,7?,8?,11?,12?,16-,17+. The molecule has 3 fully saturated rings. The molecule has 0 aromatic carbocycles. The van der Waals surface area contributed by atoms with Gasteiger partial charge in [-0.15, -0.1) is 0 Å². The molecule has 0 bridgehead atoms. The van der Waals surface area contributed by atoms with Crippen LogP contribution < -0.4 is 5.48 Å². The van der Waals surface area contributed by atoms with Crippen LogP contribution in [0.2, 0.25) is 0 Å².